The molecule has 122 valence electrons. The summed E-state index contributed by atoms with van der Waals surface area (Å²) in [5.41, 5.74) is 0. The molecule has 0 aromatic rings. The van der Waals surface area contributed by atoms with Gasteiger partial charge in [0.05, 0.1) is 13.2 Å². The first kappa shape index (κ1) is 20.1. The van der Waals surface area contributed by atoms with E-state index in [0.717, 1.165) is 12.8 Å². The van der Waals surface area contributed by atoms with Gasteiger partial charge in [0, 0.05) is 6.61 Å². The van der Waals surface area contributed by atoms with Crippen LogP contribution in [-0.2, 0) is 13.8 Å². The van der Waals surface area contributed by atoms with Crippen molar-refractivity contribution in [1.82, 2.24) is 0 Å². The number of unbranched alkanes of at least 4 members (excludes halogenated alkanes) is 9. The van der Waals surface area contributed by atoms with Gasteiger partial charge in [-0.3, -0.25) is 4.52 Å². The van der Waals surface area contributed by atoms with Crippen LogP contribution in [-0.4, -0.2) is 29.6 Å². The molecule has 6 heteroatoms. The zero-order chi connectivity index (χ0) is 15.1. The first-order valence-electron chi connectivity index (χ1n) is 7.84. The van der Waals surface area contributed by atoms with Crippen molar-refractivity contribution in [2.24, 2.45) is 0 Å². The Morgan fingerprint density at radius 3 is 1.75 bits per heavy atom. The van der Waals surface area contributed by atoms with Gasteiger partial charge in [-0.25, -0.2) is 4.57 Å². The molecule has 0 fully saturated rings. The normalized spacial score (nSPS) is 11.9. The van der Waals surface area contributed by atoms with Gasteiger partial charge in [0.25, 0.3) is 0 Å². The maximum absolute atomic E-state index is 10.4. The molecule has 0 saturated heterocycles. The van der Waals surface area contributed by atoms with Gasteiger partial charge in [0.2, 0.25) is 0 Å². The van der Waals surface area contributed by atoms with E-state index < -0.39 is 7.82 Å². The Morgan fingerprint density at radius 2 is 1.25 bits per heavy atom. The molecule has 0 amide bonds. The molecular weight excluding hydrogens is 279 g/mol. The molecule has 0 radical (unpaired) electrons. The van der Waals surface area contributed by atoms with E-state index in [2.05, 4.69) is 11.4 Å². The van der Waals surface area contributed by atoms with Crippen molar-refractivity contribution in [1.29, 1.82) is 0 Å². The lowest BCUT2D eigenvalue weighted by Gasteiger charge is -2.06. The Balaban J connectivity index is 3.01. The summed E-state index contributed by atoms with van der Waals surface area (Å²) < 4.78 is 19.9. The number of rotatable bonds is 15. The number of hydrogen-bond donors (Lipinski definition) is 2. The minimum absolute atomic E-state index is 0.0535. The van der Waals surface area contributed by atoms with Crippen molar-refractivity contribution in [3.05, 3.63) is 0 Å². The molecule has 0 aromatic heterocycles. The quantitative estimate of drug-likeness (QED) is 0.353. The molecule has 0 aromatic carbocycles. The van der Waals surface area contributed by atoms with Crippen LogP contribution in [0.25, 0.3) is 0 Å². The first-order chi connectivity index (χ1) is 9.56. The highest BCUT2D eigenvalue weighted by molar-refractivity contribution is 7.46. The standard InChI is InChI=1S/C14H31O5P/c1-2-3-4-5-6-7-8-9-10-11-12-18-13-14-19-20(15,16)17/h2-14H2,1H3,(H2,15,16,17). The van der Waals surface area contributed by atoms with Gasteiger partial charge in [-0.05, 0) is 6.42 Å². The molecule has 0 atom stereocenters. The molecular formula is C14H31O5P. The molecule has 0 saturated carbocycles. The zero-order valence-corrected chi connectivity index (χ0v) is 13.7. The monoisotopic (exact) mass is 310 g/mol. The van der Waals surface area contributed by atoms with E-state index in [9.17, 15) is 4.57 Å². The first-order valence-corrected chi connectivity index (χ1v) is 9.37. The van der Waals surface area contributed by atoms with Crippen LogP contribution in [0.1, 0.15) is 71.1 Å². The topological polar surface area (TPSA) is 76.0 Å². The van der Waals surface area contributed by atoms with Crippen molar-refractivity contribution in [3.63, 3.8) is 0 Å². The maximum Gasteiger partial charge on any atom is 0.469 e. The van der Waals surface area contributed by atoms with Gasteiger partial charge >= 0.3 is 7.82 Å². The van der Waals surface area contributed by atoms with E-state index >= 15 is 0 Å². The Bertz CT molecular complexity index is 242. The Hall–Kier alpha value is 0.0700. The summed E-state index contributed by atoms with van der Waals surface area (Å²) >= 11 is 0. The average Bonchev–Trinajstić information content (AvgIpc) is 2.38. The molecule has 0 aliphatic heterocycles. The highest BCUT2D eigenvalue weighted by Gasteiger charge is 2.12. The fraction of sp³-hybridized carbons (Fsp3) is 1.00. The third-order valence-corrected chi connectivity index (χ3v) is 3.65. The second-order valence-electron chi connectivity index (χ2n) is 5.12. The predicted octanol–water partition coefficient (Wildman–Crippen LogP) is 4.03. The molecule has 5 nitrogen and oxygen atoms in total. The molecule has 0 aliphatic carbocycles. The van der Waals surface area contributed by atoms with Crippen molar-refractivity contribution in [2.45, 2.75) is 71.1 Å². The molecule has 0 spiro atoms. The lowest BCUT2D eigenvalue weighted by molar-refractivity contribution is 0.0831. The molecule has 0 aliphatic rings. The third-order valence-electron chi connectivity index (χ3n) is 3.13. The highest BCUT2D eigenvalue weighted by Crippen LogP contribution is 2.35. The maximum atomic E-state index is 10.4. The SMILES string of the molecule is CCCCCCCCCCCCOCCOP(=O)(O)O. The van der Waals surface area contributed by atoms with Crippen molar-refractivity contribution in [2.75, 3.05) is 19.8 Å². The van der Waals surface area contributed by atoms with Crippen molar-refractivity contribution in [3.8, 4) is 0 Å². The third kappa shape index (κ3) is 18.1. The smallest absolute Gasteiger partial charge is 0.379 e. The summed E-state index contributed by atoms with van der Waals surface area (Å²) in [5.74, 6) is 0. The average molecular weight is 310 g/mol. The minimum Gasteiger partial charge on any atom is -0.379 e. The summed E-state index contributed by atoms with van der Waals surface area (Å²) in [6.07, 6.45) is 12.8. The summed E-state index contributed by atoms with van der Waals surface area (Å²) in [7, 11) is -4.33. The lowest BCUT2D eigenvalue weighted by Crippen LogP contribution is -2.04. The molecule has 0 rings (SSSR count). The van der Waals surface area contributed by atoms with Crippen LogP contribution < -0.4 is 0 Å². The van der Waals surface area contributed by atoms with Crippen LogP contribution >= 0.6 is 7.82 Å². The summed E-state index contributed by atoms with van der Waals surface area (Å²) in [5, 5.41) is 0. The van der Waals surface area contributed by atoms with Gasteiger partial charge in [-0.15, -0.1) is 0 Å². The largest absolute Gasteiger partial charge is 0.469 e. The Kier molecular flexibility index (Phi) is 14.1. The molecule has 0 heterocycles. The number of ether oxygens (including phenoxy) is 1. The fourth-order valence-electron chi connectivity index (χ4n) is 2.01. The van der Waals surface area contributed by atoms with Crippen LogP contribution in [0, 0.1) is 0 Å². The Morgan fingerprint density at radius 1 is 0.750 bits per heavy atom. The summed E-state index contributed by atoms with van der Waals surface area (Å²) in [6.45, 7) is 3.06. The zero-order valence-electron chi connectivity index (χ0n) is 12.8. The minimum atomic E-state index is -4.33. The summed E-state index contributed by atoms with van der Waals surface area (Å²) in [6, 6.07) is 0. The van der Waals surface area contributed by atoms with Gasteiger partial charge in [-0.1, -0.05) is 64.7 Å². The van der Waals surface area contributed by atoms with Gasteiger partial charge < -0.3 is 14.5 Å². The highest BCUT2D eigenvalue weighted by atomic mass is 31.2. The Labute approximate surface area is 123 Å². The van der Waals surface area contributed by atoms with E-state index in [4.69, 9.17) is 14.5 Å². The molecule has 0 bridgehead atoms. The van der Waals surface area contributed by atoms with E-state index in [0.29, 0.717) is 6.61 Å². The second kappa shape index (κ2) is 14.0. The number of phosphoric acid groups is 1. The predicted molar refractivity (Wildman–Crippen MR) is 80.7 cm³/mol. The molecule has 2 N–H and O–H groups in total. The van der Waals surface area contributed by atoms with E-state index in [1.54, 1.807) is 0 Å². The lowest BCUT2D eigenvalue weighted by atomic mass is 10.1. The second-order valence-corrected chi connectivity index (χ2v) is 6.36. The molecule has 20 heavy (non-hydrogen) atoms. The van der Waals surface area contributed by atoms with Gasteiger partial charge in [-0.2, -0.15) is 0 Å². The molecule has 0 unspecified atom stereocenters. The van der Waals surface area contributed by atoms with Crippen LogP contribution in [0.15, 0.2) is 0 Å². The van der Waals surface area contributed by atoms with Gasteiger partial charge in [0.1, 0.15) is 0 Å². The van der Waals surface area contributed by atoms with Crippen LogP contribution in [0.3, 0.4) is 0 Å². The van der Waals surface area contributed by atoms with Crippen LogP contribution in [0.4, 0.5) is 0 Å². The fourth-order valence-corrected chi connectivity index (χ4v) is 2.32. The number of phosphoric ester groups is 1. The van der Waals surface area contributed by atoms with Gasteiger partial charge in [0.15, 0.2) is 0 Å². The van der Waals surface area contributed by atoms with Crippen LogP contribution in [0.2, 0.25) is 0 Å². The van der Waals surface area contributed by atoms with Crippen LogP contribution in [0.5, 0.6) is 0 Å². The van der Waals surface area contributed by atoms with E-state index in [-0.39, 0.29) is 13.2 Å². The van der Waals surface area contributed by atoms with Crippen molar-refractivity contribution >= 4 is 7.82 Å². The van der Waals surface area contributed by atoms with Crippen molar-refractivity contribution < 1.29 is 23.6 Å². The number of hydrogen-bond acceptors (Lipinski definition) is 3. The van der Waals surface area contributed by atoms with E-state index in [1.165, 1.54) is 51.4 Å². The van der Waals surface area contributed by atoms with E-state index in [1.807, 2.05) is 0 Å². The summed E-state index contributed by atoms with van der Waals surface area (Å²) in [4.78, 5) is 16.9.